The zero-order valence-corrected chi connectivity index (χ0v) is 14.8. The number of benzene rings is 2. The van der Waals surface area contributed by atoms with Gasteiger partial charge in [-0.2, -0.15) is 0 Å². The molecule has 0 unspecified atom stereocenters. The summed E-state index contributed by atoms with van der Waals surface area (Å²) in [5.41, 5.74) is 1.23. The number of rotatable bonds is 7. The van der Waals surface area contributed by atoms with Crippen LogP contribution in [0, 0.1) is 0 Å². The first-order valence-electron chi connectivity index (χ1n) is 8.09. The van der Waals surface area contributed by atoms with Crippen LogP contribution in [0.4, 0.5) is 11.4 Å². The normalized spacial score (nSPS) is 10.2. The number of thiophene rings is 1. The van der Waals surface area contributed by atoms with Crippen LogP contribution in [0.3, 0.4) is 0 Å². The second kappa shape index (κ2) is 8.82. The molecule has 132 valence electrons. The van der Waals surface area contributed by atoms with Crippen molar-refractivity contribution in [3.63, 3.8) is 0 Å². The van der Waals surface area contributed by atoms with Gasteiger partial charge in [-0.1, -0.05) is 30.3 Å². The third-order valence-electron chi connectivity index (χ3n) is 3.46. The minimum Gasteiger partial charge on any atom is -0.484 e. The van der Waals surface area contributed by atoms with E-state index in [1.54, 1.807) is 47.7 Å². The van der Waals surface area contributed by atoms with Crippen LogP contribution in [-0.2, 0) is 16.0 Å². The van der Waals surface area contributed by atoms with Gasteiger partial charge in [0.1, 0.15) is 5.75 Å². The van der Waals surface area contributed by atoms with Gasteiger partial charge >= 0.3 is 0 Å². The summed E-state index contributed by atoms with van der Waals surface area (Å²) in [4.78, 5) is 25.1. The number of para-hydroxylation sites is 1. The van der Waals surface area contributed by atoms with Gasteiger partial charge in [-0.05, 0) is 41.8 Å². The molecule has 0 atom stereocenters. The number of anilines is 2. The van der Waals surface area contributed by atoms with Crippen LogP contribution in [-0.4, -0.2) is 18.4 Å². The molecular weight excluding hydrogens is 348 g/mol. The van der Waals surface area contributed by atoms with Gasteiger partial charge in [0.2, 0.25) is 5.91 Å². The first kappa shape index (κ1) is 17.7. The van der Waals surface area contributed by atoms with Gasteiger partial charge in [0.15, 0.2) is 6.61 Å². The van der Waals surface area contributed by atoms with E-state index >= 15 is 0 Å². The summed E-state index contributed by atoms with van der Waals surface area (Å²) in [6.07, 6.45) is 0.333. The maximum atomic E-state index is 12.1. The third kappa shape index (κ3) is 5.46. The summed E-state index contributed by atoms with van der Waals surface area (Å²) < 4.78 is 5.41. The van der Waals surface area contributed by atoms with Crippen molar-refractivity contribution in [2.45, 2.75) is 6.42 Å². The van der Waals surface area contributed by atoms with Gasteiger partial charge in [-0.25, -0.2) is 0 Å². The lowest BCUT2D eigenvalue weighted by molar-refractivity contribution is -0.118. The molecule has 0 saturated heterocycles. The Morgan fingerprint density at radius 2 is 1.58 bits per heavy atom. The molecule has 0 bridgehead atoms. The molecule has 0 radical (unpaired) electrons. The Morgan fingerprint density at radius 3 is 2.27 bits per heavy atom. The molecule has 2 N–H and O–H groups in total. The van der Waals surface area contributed by atoms with Crippen LogP contribution < -0.4 is 15.4 Å². The van der Waals surface area contributed by atoms with Crippen molar-refractivity contribution < 1.29 is 14.3 Å². The molecule has 2 amide bonds. The molecular formula is C20H18N2O3S. The number of carbonyl (C=O) groups is 2. The number of hydrogen-bond donors (Lipinski definition) is 2. The Bertz CT molecular complexity index is 864. The molecule has 0 fully saturated rings. The quantitative estimate of drug-likeness (QED) is 0.665. The summed E-state index contributed by atoms with van der Waals surface area (Å²) in [6, 6.07) is 20.0. The highest BCUT2D eigenvalue weighted by Crippen LogP contribution is 2.17. The fraction of sp³-hybridized carbons (Fsp3) is 0.100. The van der Waals surface area contributed by atoms with Gasteiger partial charge in [0.25, 0.3) is 5.91 Å². The Balaban J connectivity index is 1.51. The van der Waals surface area contributed by atoms with Crippen LogP contribution in [0.15, 0.2) is 72.1 Å². The van der Waals surface area contributed by atoms with Gasteiger partial charge in [0.05, 0.1) is 6.42 Å². The molecule has 0 aliphatic rings. The number of hydrogen-bond acceptors (Lipinski definition) is 4. The molecule has 0 spiro atoms. The first-order valence-corrected chi connectivity index (χ1v) is 8.97. The van der Waals surface area contributed by atoms with E-state index in [2.05, 4.69) is 10.6 Å². The maximum absolute atomic E-state index is 12.1. The zero-order chi connectivity index (χ0) is 18.2. The van der Waals surface area contributed by atoms with Gasteiger partial charge in [-0.15, -0.1) is 11.3 Å². The maximum Gasteiger partial charge on any atom is 0.262 e. The lowest BCUT2D eigenvalue weighted by atomic mass is 10.2. The summed E-state index contributed by atoms with van der Waals surface area (Å²) in [6.45, 7) is -0.0843. The third-order valence-corrected chi connectivity index (χ3v) is 4.33. The van der Waals surface area contributed by atoms with E-state index in [0.717, 1.165) is 4.88 Å². The number of carbonyl (C=O) groups excluding carboxylic acids is 2. The lowest BCUT2D eigenvalue weighted by Crippen LogP contribution is -2.20. The average Bonchev–Trinajstić information content (AvgIpc) is 3.14. The van der Waals surface area contributed by atoms with E-state index in [1.807, 2.05) is 35.7 Å². The molecule has 26 heavy (non-hydrogen) atoms. The van der Waals surface area contributed by atoms with Crippen LogP contribution >= 0.6 is 11.3 Å². The molecule has 1 aromatic heterocycles. The van der Waals surface area contributed by atoms with Gasteiger partial charge in [-0.3, -0.25) is 9.59 Å². The monoisotopic (exact) mass is 366 g/mol. The molecule has 5 nitrogen and oxygen atoms in total. The fourth-order valence-corrected chi connectivity index (χ4v) is 3.02. The number of ether oxygens (including phenoxy) is 1. The van der Waals surface area contributed by atoms with Crippen molar-refractivity contribution in [3.05, 3.63) is 77.0 Å². The SMILES string of the molecule is O=C(COc1ccccc1)Nc1cccc(NC(=O)Cc2cccs2)c1. The minimum atomic E-state index is -0.268. The van der Waals surface area contributed by atoms with Crippen LogP contribution in [0.5, 0.6) is 5.75 Å². The highest BCUT2D eigenvalue weighted by atomic mass is 32.1. The average molecular weight is 366 g/mol. The van der Waals surface area contributed by atoms with E-state index in [0.29, 0.717) is 23.5 Å². The van der Waals surface area contributed by atoms with E-state index in [9.17, 15) is 9.59 Å². The highest BCUT2D eigenvalue weighted by molar-refractivity contribution is 7.10. The van der Waals surface area contributed by atoms with E-state index in [-0.39, 0.29) is 18.4 Å². The topological polar surface area (TPSA) is 67.4 Å². The molecule has 6 heteroatoms. The summed E-state index contributed by atoms with van der Waals surface area (Å²) in [5, 5.41) is 7.54. The molecule has 3 rings (SSSR count). The summed E-state index contributed by atoms with van der Waals surface area (Å²) in [5.74, 6) is 0.275. The number of amides is 2. The second-order valence-electron chi connectivity index (χ2n) is 5.54. The van der Waals surface area contributed by atoms with Crippen molar-refractivity contribution in [2.75, 3.05) is 17.2 Å². The summed E-state index contributed by atoms with van der Waals surface area (Å²) >= 11 is 1.55. The van der Waals surface area contributed by atoms with Crippen molar-refractivity contribution in [1.82, 2.24) is 0 Å². The van der Waals surface area contributed by atoms with E-state index in [1.165, 1.54) is 0 Å². The van der Waals surface area contributed by atoms with Gasteiger partial charge in [0, 0.05) is 16.3 Å². The van der Waals surface area contributed by atoms with E-state index in [4.69, 9.17) is 4.74 Å². The largest absolute Gasteiger partial charge is 0.484 e. The Labute approximate surface area is 155 Å². The van der Waals surface area contributed by atoms with Crippen molar-refractivity contribution in [2.24, 2.45) is 0 Å². The summed E-state index contributed by atoms with van der Waals surface area (Å²) in [7, 11) is 0. The molecule has 0 aliphatic heterocycles. The zero-order valence-electron chi connectivity index (χ0n) is 14.0. The Morgan fingerprint density at radius 1 is 0.846 bits per heavy atom. The molecule has 1 heterocycles. The molecule has 2 aromatic carbocycles. The smallest absolute Gasteiger partial charge is 0.262 e. The predicted molar refractivity (Wildman–Crippen MR) is 104 cm³/mol. The minimum absolute atomic E-state index is 0.0843. The van der Waals surface area contributed by atoms with Crippen LogP contribution in [0.1, 0.15) is 4.88 Å². The van der Waals surface area contributed by atoms with E-state index < -0.39 is 0 Å². The predicted octanol–water partition coefficient (Wildman–Crippen LogP) is 3.95. The Kier molecular flexibility index (Phi) is 6.01. The molecule has 3 aromatic rings. The second-order valence-corrected chi connectivity index (χ2v) is 6.57. The Hall–Kier alpha value is -3.12. The highest BCUT2D eigenvalue weighted by Gasteiger charge is 2.07. The number of nitrogens with one attached hydrogen (secondary N) is 2. The van der Waals surface area contributed by atoms with Crippen molar-refractivity contribution in [1.29, 1.82) is 0 Å². The molecule has 0 aliphatic carbocycles. The first-order chi connectivity index (χ1) is 12.7. The molecule has 0 saturated carbocycles. The fourth-order valence-electron chi connectivity index (χ4n) is 2.31. The van der Waals surface area contributed by atoms with Crippen LogP contribution in [0.2, 0.25) is 0 Å². The van der Waals surface area contributed by atoms with Crippen LogP contribution in [0.25, 0.3) is 0 Å². The lowest BCUT2D eigenvalue weighted by Gasteiger charge is -2.09. The van der Waals surface area contributed by atoms with Crippen molar-refractivity contribution in [3.8, 4) is 5.75 Å². The van der Waals surface area contributed by atoms with Gasteiger partial charge < -0.3 is 15.4 Å². The van der Waals surface area contributed by atoms with Crippen molar-refractivity contribution >= 4 is 34.5 Å². The standard InChI is InChI=1S/C20H18N2O3S/c23-19(13-18-10-5-11-26-18)21-15-6-4-7-16(12-15)22-20(24)14-25-17-8-2-1-3-9-17/h1-12H,13-14H2,(H,21,23)(H,22,24).